The lowest BCUT2D eigenvalue weighted by Gasteiger charge is -2.24. The molecular formula is C26H22N2O7S. The summed E-state index contributed by atoms with van der Waals surface area (Å²) in [7, 11) is 4.46. The molecule has 9 nitrogen and oxygen atoms in total. The van der Waals surface area contributed by atoms with Crippen molar-refractivity contribution in [3.8, 4) is 17.2 Å². The number of amides is 1. The summed E-state index contributed by atoms with van der Waals surface area (Å²) in [6.07, 6.45) is 0. The highest BCUT2D eigenvalue weighted by atomic mass is 32.1. The van der Waals surface area contributed by atoms with Gasteiger partial charge in [-0.05, 0) is 36.8 Å². The lowest BCUT2D eigenvalue weighted by Crippen LogP contribution is -2.29. The van der Waals surface area contributed by atoms with Gasteiger partial charge in [-0.1, -0.05) is 23.5 Å². The number of methoxy groups -OCH3 is 3. The molecule has 1 aliphatic rings. The van der Waals surface area contributed by atoms with Crippen molar-refractivity contribution in [2.75, 3.05) is 26.2 Å². The number of carbonyl (C=O) groups excluding carboxylic acids is 2. The Kier molecular flexibility index (Phi) is 5.76. The smallest absolute Gasteiger partial charge is 0.297 e. The summed E-state index contributed by atoms with van der Waals surface area (Å²) in [5, 5.41) is 0.624. The molecular weight excluding hydrogens is 484 g/mol. The van der Waals surface area contributed by atoms with Crippen molar-refractivity contribution in [2.45, 2.75) is 19.9 Å². The van der Waals surface area contributed by atoms with Crippen molar-refractivity contribution in [2.24, 2.45) is 0 Å². The molecule has 4 aromatic rings. The molecule has 0 saturated heterocycles. The van der Waals surface area contributed by atoms with Gasteiger partial charge in [-0.25, -0.2) is 4.98 Å². The van der Waals surface area contributed by atoms with E-state index in [9.17, 15) is 14.4 Å². The van der Waals surface area contributed by atoms with Crippen molar-refractivity contribution < 1.29 is 28.2 Å². The number of para-hydroxylation sites is 1. The van der Waals surface area contributed by atoms with Crippen molar-refractivity contribution in [1.82, 2.24) is 4.98 Å². The molecule has 0 radical (unpaired) electrons. The molecule has 5 rings (SSSR count). The van der Waals surface area contributed by atoms with E-state index in [1.807, 2.05) is 0 Å². The minimum atomic E-state index is -0.910. The maximum atomic E-state index is 13.8. The van der Waals surface area contributed by atoms with E-state index < -0.39 is 11.9 Å². The number of ether oxygens (including phenoxy) is 3. The zero-order valence-electron chi connectivity index (χ0n) is 20.2. The fourth-order valence-corrected chi connectivity index (χ4v) is 5.49. The highest BCUT2D eigenvalue weighted by Gasteiger charge is 2.45. The molecule has 0 saturated carbocycles. The predicted octanol–water partition coefficient (Wildman–Crippen LogP) is 4.54. The van der Waals surface area contributed by atoms with E-state index in [0.29, 0.717) is 44.4 Å². The van der Waals surface area contributed by atoms with Crippen LogP contribution in [0.4, 0.5) is 5.13 Å². The number of thiazole rings is 1. The summed E-state index contributed by atoms with van der Waals surface area (Å²) in [4.78, 5) is 46.0. The number of carbonyl (C=O) groups is 2. The Labute approximate surface area is 209 Å². The van der Waals surface area contributed by atoms with Crippen LogP contribution in [0, 0.1) is 6.92 Å². The Morgan fingerprint density at radius 2 is 1.72 bits per heavy atom. The van der Waals surface area contributed by atoms with Crippen molar-refractivity contribution in [1.29, 1.82) is 0 Å². The molecule has 0 bridgehead atoms. The molecule has 36 heavy (non-hydrogen) atoms. The lowest BCUT2D eigenvalue weighted by atomic mass is 9.98. The largest absolute Gasteiger partial charge is 0.493 e. The van der Waals surface area contributed by atoms with Crippen LogP contribution in [0.5, 0.6) is 17.2 Å². The van der Waals surface area contributed by atoms with Gasteiger partial charge in [0.2, 0.25) is 11.5 Å². The Morgan fingerprint density at radius 3 is 2.31 bits per heavy atom. The summed E-state index contributed by atoms with van der Waals surface area (Å²) in [5.41, 5.74) is 1.17. The molecule has 0 fully saturated rings. The summed E-state index contributed by atoms with van der Waals surface area (Å²) < 4.78 is 22.5. The number of nitrogens with zero attached hydrogens (tertiary/aromatic N) is 2. The summed E-state index contributed by atoms with van der Waals surface area (Å²) in [5.74, 6) is 0.319. The van der Waals surface area contributed by atoms with Crippen molar-refractivity contribution in [3.63, 3.8) is 0 Å². The topological polar surface area (TPSA) is 108 Å². The second-order valence-electron chi connectivity index (χ2n) is 8.17. The molecule has 1 amide bonds. The first-order valence-electron chi connectivity index (χ1n) is 11.0. The third-order valence-electron chi connectivity index (χ3n) is 6.09. The molecule has 2 aromatic carbocycles. The van der Waals surface area contributed by atoms with Crippen molar-refractivity contribution in [3.05, 3.63) is 74.1 Å². The van der Waals surface area contributed by atoms with Crippen LogP contribution in [0.2, 0.25) is 0 Å². The van der Waals surface area contributed by atoms with Crippen LogP contribution in [-0.4, -0.2) is 38.0 Å². The van der Waals surface area contributed by atoms with Gasteiger partial charge in [0.15, 0.2) is 27.8 Å². The molecule has 2 aromatic heterocycles. The third-order valence-corrected chi connectivity index (χ3v) is 7.35. The van der Waals surface area contributed by atoms with E-state index in [-0.39, 0.29) is 27.7 Å². The first-order valence-corrected chi connectivity index (χ1v) is 11.8. The minimum Gasteiger partial charge on any atom is -0.493 e. The van der Waals surface area contributed by atoms with Gasteiger partial charge in [0.25, 0.3) is 5.91 Å². The molecule has 0 spiro atoms. The zero-order valence-corrected chi connectivity index (χ0v) is 21.0. The Hall–Kier alpha value is -4.18. The molecule has 1 aliphatic heterocycles. The van der Waals surface area contributed by atoms with E-state index in [1.54, 1.807) is 43.3 Å². The van der Waals surface area contributed by atoms with Gasteiger partial charge in [-0.2, -0.15) is 0 Å². The van der Waals surface area contributed by atoms with Crippen LogP contribution in [0.1, 0.15) is 50.0 Å². The highest BCUT2D eigenvalue weighted by molar-refractivity contribution is 7.17. The Balaban J connectivity index is 1.83. The fourth-order valence-electron chi connectivity index (χ4n) is 4.50. The number of hydrogen-bond donors (Lipinski definition) is 0. The quantitative estimate of drug-likeness (QED) is 0.351. The molecule has 0 N–H and O–H groups in total. The van der Waals surface area contributed by atoms with Crippen LogP contribution >= 0.6 is 11.3 Å². The van der Waals surface area contributed by atoms with E-state index in [4.69, 9.17) is 18.6 Å². The van der Waals surface area contributed by atoms with Gasteiger partial charge < -0.3 is 18.6 Å². The summed E-state index contributed by atoms with van der Waals surface area (Å²) in [6, 6.07) is 9.22. The van der Waals surface area contributed by atoms with E-state index in [1.165, 1.54) is 33.2 Å². The minimum absolute atomic E-state index is 0.0744. The first-order chi connectivity index (χ1) is 17.3. The molecule has 3 heterocycles. The average Bonchev–Trinajstić information content (AvgIpc) is 3.40. The highest BCUT2D eigenvalue weighted by Crippen LogP contribution is 2.47. The average molecular weight is 507 g/mol. The fraction of sp³-hybridized carbons (Fsp3) is 0.231. The number of fused-ring (bicyclic) bond motifs is 2. The van der Waals surface area contributed by atoms with Crippen LogP contribution in [0.25, 0.3) is 11.0 Å². The zero-order chi connectivity index (χ0) is 25.7. The van der Waals surface area contributed by atoms with Crippen LogP contribution in [-0.2, 0) is 0 Å². The number of hydrogen-bond acceptors (Lipinski definition) is 9. The number of aryl methyl sites for hydroxylation is 1. The molecule has 0 unspecified atom stereocenters. The number of aromatic nitrogens is 1. The van der Waals surface area contributed by atoms with Gasteiger partial charge in [-0.3, -0.25) is 19.3 Å². The number of rotatable bonds is 6. The number of ketones is 1. The standard InChI is InChI=1S/C26H22N2O7S/c1-12-24(13(2)29)36-26(27-12)28-20(14-10-17(32-3)22(34-5)18(11-14)33-4)19-21(30)15-8-6-7-9-16(15)35-23(19)25(28)31/h6-11,20H,1-5H3/t20-/m1/s1. The first kappa shape index (κ1) is 23.6. The number of anilines is 1. The summed E-state index contributed by atoms with van der Waals surface area (Å²) >= 11 is 1.09. The van der Waals surface area contributed by atoms with E-state index in [0.717, 1.165) is 11.3 Å². The van der Waals surface area contributed by atoms with Gasteiger partial charge in [0.05, 0.1) is 48.9 Å². The second kappa shape index (κ2) is 8.80. The number of Topliss-reactive ketones (excluding diaryl/α,β-unsaturated/α-hetero) is 1. The van der Waals surface area contributed by atoms with Crippen LogP contribution < -0.4 is 24.5 Å². The lowest BCUT2D eigenvalue weighted by molar-refractivity contribution is 0.0969. The Bertz CT molecular complexity index is 1580. The van der Waals surface area contributed by atoms with Crippen LogP contribution in [0.15, 0.2) is 45.6 Å². The van der Waals surface area contributed by atoms with E-state index in [2.05, 4.69) is 4.98 Å². The number of benzene rings is 2. The monoisotopic (exact) mass is 506 g/mol. The Morgan fingerprint density at radius 1 is 1.06 bits per heavy atom. The summed E-state index contributed by atoms with van der Waals surface area (Å²) in [6.45, 7) is 3.15. The molecule has 10 heteroatoms. The van der Waals surface area contributed by atoms with Crippen molar-refractivity contribution >= 4 is 39.1 Å². The third kappa shape index (κ3) is 3.44. The van der Waals surface area contributed by atoms with E-state index >= 15 is 0 Å². The molecule has 0 aliphatic carbocycles. The SMILES string of the molecule is COc1cc([C@@H]2c3c(oc4ccccc4c3=O)C(=O)N2c2nc(C)c(C(C)=O)s2)cc(OC)c1OC. The van der Waals surface area contributed by atoms with Crippen LogP contribution in [0.3, 0.4) is 0 Å². The molecule has 184 valence electrons. The molecule has 1 atom stereocenters. The maximum absolute atomic E-state index is 13.8. The van der Waals surface area contributed by atoms with Gasteiger partial charge in [-0.15, -0.1) is 0 Å². The maximum Gasteiger partial charge on any atom is 0.297 e. The second-order valence-corrected chi connectivity index (χ2v) is 9.15. The van der Waals surface area contributed by atoms with Gasteiger partial charge in [0.1, 0.15) is 5.58 Å². The predicted molar refractivity (Wildman–Crippen MR) is 134 cm³/mol. The normalized spacial score (nSPS) is 14.8. The van der Waals surface area contributed by atoms with Gasteiger partial charge in [0, 0.05) is 6.92 Å². The van der Waals surface area contributed by atoms with Gasteiger partial charge >= 0.3 is 0 Å².